The highest BCUT2D eigenvalue weighted by Gasteiger charge is 2.28. The van der Waals surface area contributed by atoms with Gasteiger partial charge in [-0.3, -0.25) is 4.79 Å². The molecule has 0 bridgehead atoms. The summed E-state index contributed by atoms with van der Waals surface area (Å²) in [6.45, 7) is 5.93. The van der Waals surface area contributed by atoms with E-state index in [1.165, 1.54) is 0 Å². The molecule has 0 aromatic carbocycles. The largest absolute Gasteiger partial charge is 0.356 e. The van der Waals surface area contributed by atoms with Crippen LogP contribution < -0.4 is 10.6 Å². The lowest BCUT2D eigenvalue weighted by Gasteiger charge is -2.27. The van der Waals surface area contributed by atoms with Crippen LogP contribution >= 0.6 is 11.6 Å². The number of anilines is 2. The Morgan fingerprint density at radius 3 is 2.76 bits per heavy atom. The van der Waals surface area contributed by atoms with Crippen molar-refractivity contribution >= 4 is 29.0 Å². The van der Waals surface area contributed by atoms with Gasteiger partial charge in [0.25, 0.3) is 0 Å². The summed E-state index contributed by atoms with van der Waals surface area (Å²) >= 11 is 5.80. The van der Waals surface area contributed by atoms with Gasteiger partial charge in [-0.05, 0) is 30.9 Å². The number of rotatable bonds is 2. The lowest BCUT2D eigenvalue weighted by molar-refractivity contribution is -0.117. The maximum atomic E-state index is 11.9. The summed E-state index contributed by atoms with van der Waals surface area (Å²) in [5.74, 6) is 0.992. The molecule has 0 radical (unpaired) electrons. The van der Waals surface area contributed by atoms with E-state index in [1.807, 2.05) is 0 Å². The maximum Gasteiger partial charge on any atom is 0.247 e. The molecule has 2 rings (SSSR count). The van der Waals surface area contributed by atoms with Gasteiger partial charge in [-0.25, -0.2) is 4.98 Å². The number of carbonyl (C=O) groups is 1. The molecule has 0 spiro atoms. The Kier molecular flexibility index (Phi) is 3.19. The Hall–Kier alpha value is -1.36. The number of nitrogens with one attached hydrogen (secondary N) is 2. The van der Waals surface area contributed by atoms with Crippen LogP contribution in [0.4, 0.5) is 11.5 Å². The van der Waals surface area contributed by atoms with Crippen LogP contribution in [-0.2, 0) is 4.79 Å². The zero-order valence-corrected chi connectivity index (χ0v) is 10.8. The highest BCUT2D eigenvalue weighted by atomic mass is 35.5. The van der Waals surface area contributed by atoms with Crippen molar-refractivity contribution in [3.63, 3.8) is 0 Å². The first-order valence-corrected chi connectivity index (χ1v) is 5.96. The molecule has 5 nitrogen and oxygen atoms in total. The minimum absolute atomic E-state index is 0.0415. The average molecular weight is 255 g/mol. The van der Waals surface area contributed by atoms with Gasteiger partial charge in [-0.1, -0.05) is 13.8 Å². The fraction of sp³-hybridized carbons (Fsp3) is 0.545. The first kappa shape index (κ1) is 12.1. The van der Waals surface area contributed by atoms with Gasteiger partial charge in [-0.15, -0.1) is 0 Å². The van der Waals surface area contributed by atoms with Gasteiger partial charge < -0.3 is 10.6 Å². The van der Waals surface area contributed by atoms with Crippen molar-refractivity contribution in [2.75, 3.05) is 10.6 Å². The highest BCUT2D eigenvalue weighted by Crippen LogP contribution is 2.29. The monoisotopic (exact) mass is 254 g/mol. The number of halogens is 1. The molecular weight excluding hydrogens is 240 g/mol. The number of aromatic nitrogens is 2. The first-order chi connectivity index (χ1) is 7.97. The van der Waals surface area contributed by atoms with Gasteiger partial charge in [0.05, 0.1) is 5.69 Å². The number of amides is 1. The second-order valence-corrected chi connectivity index (χ2v) is 4.96. The molecule has 1 aromatic heterocycles. The third kappa shape index (κ3) is 2.49. The summed E-state index contributed by atoms with van der Waals surface area (Å²) in [6, 6.07) is -0.257. The molecule has 2 N–H and O–H groups in total. The van der Waals surface area contributed by atoms with E-state index in [-0.39, 0.29) is 17.2 Å². The van der Waals surface area contributed by atoms with Gasteiger partial charge in [-0.2, -0.15) is 4.98 Å². The summed E-state index contributed by atoms with van der Waals surface area (Å²) in [5.41, 5.74) is 1.29. The van der Waals surface area contributed by atoms with Gasteiger partial charge in [0.1, 0.15) is 11.7 Å². The number of carbonyl (C=O) groups excluding carboxylic acids is 1. The Morgan fingerprint density at radius 1 is 1.41 bits per heavy atom. The van der Waals surface area contributed by atoms with Crippen molar-refractivity contribution in [2.45, 2.75) is 33.2 Å². The van der Waals surface area contributed by atoms with Gasteiger partial charge in [0.2, 0.25) is 11.2 Å². The van der Waals surface area contributed by atoms with Crippen molar-refractivity contribution in [1.82, 2.24) is 9.97 Å². The molecule has 1 unspecified atom stereocenters. The SMILES string of the molecule is Cc1nc(Cl)nc2c1NC(=O)C(CC(C)C)N2. The number of fused-ring (bicyclic) bond motifs is 1. The highest BCUT2D eigenvalue weighted by molar-refractivity contribution is 6.28. The fourth-order valence-electron chi connectivity index (χ4n) is 1.87. The Morgan fingerprint density at radius 2 is 2.12 bits per heavy atom. The molecule has 1 atom stereocenters. The summed E-state index contributed by atoms with van der Waals surface area (Å²) in [4.78, 5) is 20.0. The van der Waals surface area contributed by atoms with Crippen LogP contribution in [-0.4, -0.2) is 21.9 Å². The van der Waals surface area contributed by atoms with Crippen LogP contribution in [0.1, 0.15) is 26.0 Å². The molecule has 1 aliphatic rings. The van der Waals surface area contributed by atoms with Gasteiger partial charge in [0, 0.05) is 0 Å². The van der Waals surface area contributed by atoms with E-state index in [1.54, 1.807) is 6.92 Å². The van der Waals surface area contributed by atoms with Gasteiger partial charge in [0.15, 0.2) is 5.82 Å². The Labute approximate surface area is 105 Å². The minimum Gasteiger partial charge on any atom is -0.356 e. The molecule has 0 aliphatic carbocycles. The van der Waals surface area contributed by atoms with E-state index in [0.717, 1.165) is 6.42 Å². The second kappa shape index (κ2) is 4.49. The van der Waals surface area contributed by atoms with E-state index < -0.39 is 0 Å². The zero-order valence-electron chi connectivity index (χ0n) is 10.0. The maximum absolute atomic E-state index is 11.9. The molecule has 0 saturated carbocycles. The van der Waals surface area contributed by atoms with Crippen LogP contribution in [0, 0.1) is 12.8 Å². The smallest absolute Gasteiger partial charge is 0.247 e. The molecule has 1 amide bonds. The van der Waals surface area contributed by atoms with E-state index >= 15 is 0 Å². The molecule has 17 heavy (non-hydrogen) atoms. The summed E-state index contributed by atoms with van der Waals surface area (Å²) in [7, 11) is 0. The van der Waals surface area contributed by atoms with Crippen LogP contribution in [0.3, 0.4) is 0 Å². The fourth-order valence-corrected chi connectivity index (χ4v) is 2.08. The van der Waals surface area contributed by atoms with Crippen molar-refractivity contribution in [1.29, 1.82) is 0 Å². The number of hydrogen-bond donors (Lipinski definition) is 2. The normalized spacial score (nSPS) is 18.6. The summed E-state index contributed by atoms with van der Waals surface area (Å²) in [6.07, 6.45) is 0.756. The quantitative estimate of drug-likeness (QED) is 0.794. The van der Waals surface area contributed by atoms with Crippen LogP contribution in [0.5, 0.6) is 0 Å². The van der Waals surface area contributed by atoms with Crippen LogP contribution in [0.15, 0.2) is 0 Å². The predicted octanol–water partition coefficient (Wildman–Crippen LogP) is 2.22. The minimum atomic E-state index is -0.257. The third-order valence-corrected chi connectivity index (χ3v) is 2.81. The van der Waals surface area contributed by atoms with E-state index in [4.69, 9.17) is 11.6 Å². The molecule has 6 heteroatoms. The van der Waals surface area contributed by atoms with Crippen LogP contribution in [0.2, 0.25) is 5.28 Å². The van der Waals surface area contributed by atoms with E-state index in [9.17, 15) is 4.79 Å². The van der Waals surface area contributed by atoms with E-state index in [0.29, 0.717) is 23.1 Å². The average Bonchev–Trinajstić information content (AvgIpc) is 2.20. The van der Waals surface area contributed by atoms with E-state index in [2.05, 4.69) is 34.4 Å². The molecule has 2 heterocycles. The number of nitrogens with zero attached hydrogens (tertiary/aromatic N) is 2. The molecule has 1 aromatic rings. The molecule has 0 fully saturated rings. The topological polar surface area (TPSA) is 66.9 Å². The van der Waals surface area contributed by atoms with Crippen molar-refractivity contribution in [3.8, 4) is 0 Å². The zero-order chi connectivity index (χ0) is 12.6. The molecular formula is C11H15ClN4O. The summed E-state index contributed by atoms with van der Waals surface area (Å²) in [5, 5.41) is 6.13. The molecule has 92 valence electrons. The Balaban J connectivity index is 2.31. The van der Waals surface area contributed by atoms with Crippen molar-refractivity contribution in [3.05, 3.63) is 11.0 Å². The lowest BCUT2D eigenvalue weighted by atomic mass is 10.0. The molecule has 1 aliphatic heterocycles. The number of aryl methyl sites for hydroxylation is 1. The van der Waals surface area contributed by atoms with Crippen LogP contribution in [0.25, 0.3) is 0 Å². The summed E-state index contributed by atoms with van der Waals surface area (Å²) < 4.78 is 0. The standard InChI is InChI=1S/C11H15ClN4O/c1-5(2)4-7-10(17)15-8-6(3)13-11(12)16-9(8)14-7/h5,7H,4H2,1-3H3,(H,15,17)(H,13,14,16). The second-order valence-electron chi connectivity index (χ2n) is 4.62. The van der Waals surface area contributed by atoms with Crippen molar-refractivity contribution in [2.24, 2.45) is 5.92 Å². The molecule has 0 saturated heterocycles. The number of hydrogen-bond acceptors (Lipinski definition) is 4. The Bertz CT molecular complexity index is 461. The lowest BCUT2D eigenvalue weighted by Crippen LogP contribution is -2.40. The van der Waals surface area contributed by atoms with Crippen molar-refractivity contribution < 1.29 is 4.79 Å². The van der Waals surface area contributed by atoms with Gasteiger partial charge >= 0.3 is 0 Å². The first-order valence-electron chi connectivity index (χ1n) is 5.59. The third-order valence-electron chi connectivity index (χ3n) is 2.65. The predicted molar refractivity (Wildman–Crippen MR) is 67.3 cm³/mol.